The Morgan fingerprint density at radius 1 is 1.33 bits per heavy atom. The summed E-state index contributed by atoms with van der Waals surface area (Å²) in [6.07, 6.45) is 8.61. The summed E-state index contributed by atoms with van der Waals surface area (Å²) in [6.45, 7) is 11.0. The van der Waals surface area contributed by atoms with Gasteiger partial charge in [-0.3, -0.25) is 0 Å². The molecule has 0 N–H and O–H groups in total. The minimum absolute atomic E-state index is 0.321. The van der Waals surface area contributed by atoms with Gasteiger partial charge in [-0.15, -0.1) is 10.3 Å². The van der Waals surface area contributed by atoms with Gasteiger partial charge in [0.2, 0.25) is 0 Å². The monoisotopic (exact) mass is 230 g/mol. The maximum atomic E-state index is 6.31. The van der Waals surface area contributed by atoms with E-state index in [1.54, 1.807) is 0 Å². The van der Waals surface area contributed by atoms with Crippen molar-refractivity contribution in [1.29, 1.82) is 0 Å². The van der Waals surface area contributed by atoms with Gasteiger partial charge in [-0.2, -0.15) is 0 Å². The van der Waals surface area contributed by atoms with Gasteiger partial charge in [-0.1, -0.05) is 27.4 Å². The van der Waals surface area contributed by atoms with Crippen LogP contribution in [-0.2, 0) is 4.18 Å². The topological polar surface area (TPSA) is 9.23 Å². The summed E-state index contributed by atoms with van der Waals surface area (Å²) in [5.74, 6) is 0.645. The van der Waals surface area contributed by atoms with Crippen molar-refractivity contribution in [3.63, 3.8) is 0 Å². The lowest BCUT2D eigenvalue weighted by Gasteiger charge is -2.42. The predicted molar refractivity (Wildman–Crippen MR) is 71.6 cm³/mol. The van der Waals surface area contributed by atoms with Crippen LogP contribution in [-0.4, -0.2) is 23.9 Å². The van der Waals surface area contributed by atoms with Gasteiger partial charge in [0.25, 0.3) is 0 Å². The number of hydrogen-bond donors (Lipinski definition) is 0. The maximum absolute atomic E-state index is 6.31. The molecule has 0 heterocycles. The summed E-state index contributed by atoms with van der Waals surface area (Å²) < 4.78 is 6.31. The molecule has 0 bridgehead atoms. The van der Waals surface area contributed by atoms with Crippen LogP contribution in [0.15, 0.2) is 12.2 Å². The van der Waals surface area contributed by atoms with E-state index in [2.05, 4.69) is 39.9 Å². The quantitative estimate of drug-likeness (QED) is 0.662. The highest BCUT2D eigenvalue weighted by Gasteiger charge is 2.29. The normalized spacial score (nSPS) is 29.6. The van der Waals surface area contributed by atoms with Crippen LogP contribution in [0, 0.1) is 5.92 Å². The standard InChI is InChI=1S/C13H26OS/c1-10(2)15(5,6)14-13-9-7-8-11(3)12(13)4/h10-11,13H,4,7-9H2,1-3,5-6H3/t11-,13-/m0/s1. The van der Waals surface area contributed by atoms with Crippen LogP contribution in [0.25, 0.3) is 0 Å². The molecule has 0 aromatic carbocycles. The highest BCUT2D eigenvalue weighted by Crippen LogP contribution is 2.50. The third kappa shape index (κ3) is 3.25. The van der Waals surface area contributed by atoms with Gasteiger partial charge in [-0.05, 0) is 43.3 Å². The first-order chi connectivity index (χ1) is 6.84. The van der Waals surface area contributed by atoms with Crippen LogP contribution >= 0.6 is 10.3 Å². The highest BCUT2D eigenvalue weighted by atomic mass is 32.3. The Kier molecular flexibility index (Phi) is 4.30. The van der Waals surface area contributed by atoms with E-state index < -0.39 is 10.3 Å². The van der Waals surface area contributed by atoms with Gasteiger partial charge < -0.3 is 4.18 Å². The Morgan fingerprint density at radius 3 is 2.47 bits per heavy atom. The van der Waals surface area contributed by atoms with Crippen molar-refractivity contribution < 1.29 is 4.18 Å². The SMILES string of the molecule is C=C1[C@@H](OS(C)(C)C(C)C)CCC[C@@H]1C. The van der Waals surface area contributed by atoms with E-state index in [-0.39, 0.29) is 0 Å². The first-order valence-corrected chi connectivity index (χ1v) is 8.37. The molecule has 1 rings (SSSR count). The first-order valence-electron chi connectivity index (χ1n) is 5.93. The zero-order valence-electron chi connectivity index (χ0n) is 10.9. The second kappa shape index (κ2) is 4.92. The molecule has 15 heavy (non-hydrogen) atoms. The average Bonchev–Trinajstić information content (AvgIpc) is 2.12. The molecule has 0 spiro atoms. The van der Waals surface area contributed by atoms with E-state index in [9.17, 15) is 0 Å². The van der Waals surface area contributed by atoms with E-state index in [0.29, 0.717) is 17.3 Å². The van der Waals surface area contributed by atoms with Crippen molar-refractivity contribution in [1.82, 2.24) is 0 Å². The van der Waals surface area contributed by atoms with Crippen LogP contribution in [0.1, 0.15) is 40.0 Å². The molecule has 2 atom stereocenters. The Morgan fingerprint density at radius 2 is 1.93 bits per heavy atom. The molecule has 0 amide bonds. The highest BCUT2D eigenvalue weighted by molar-refractivity contribution is 8.29. The second-order valence-corrected chi connectivity index (χ2v) is 9.10. The fourth-order valence-electron chi connectivity index (χ4n) is 1.82. The second-order valence-electron chi connectivity index (χ2n) is 5.35. The van der Waals surface area contributed by atoms with Crippen molar-refractivity contribution in [3.8, 4) is 0 Å². The molecule has 1 saturated carbocycles. The van der Waals surface area contributed by atoms with Crippen molar-refractivity contribution in [2.75, 3.05) is 12.5 Å². The predicted octanol–water partition coefficient (Wildman–Crippen LogP) is 4.14. The summed E-state index contributed by atoms with van der Waals surface area (Å²) in [7, 11) is -0.915. The molecule has 1 aliphatic carbocycles. The van der Waals surface area contributed by atoms with Gasteiger partial charge in [0.05, 0.1) is 6.10 Å². The van der Waals surface area contributed by atoms with E-state index in [0.717, 1.165) is 0 Å². The fourth-order valence-corrected chi connectivity index (χ4v) is 2.86. The Labute approximate surface area is 96.8 Å². The summed E-state index contributed by atoms with van der Waals surface area (Å²) >= 11 is 0. The molecule has 0 aromatic rings. The lowest BCUT2D eigenvalue weighted by atomic mass is 9.85. The zero-order chi connectivity index (χ0) is 11.6. The van der Waals surface area contributed by atoms with Gasteiger partial charge in [0.1, 0.15) is 0 Å². The Hall–Kier alpha value is 0.0500. The van der Waals surface area contributed by atoms with Gasteiger partial charge >= 0.3 is 0 Å². The van der Waals surface area contributed by atoms with Crippen molar-refractivity contribution in [2.45, 2.75) is 51.4 Å². The summed E-state index contributed by atoms with van der Waals surface area (Å²) in [5, 5.41) is 0.627. The minimum atomic E-state index is -0.915. The molecule has 1 fully saturated rings. The average molecular weight is 230 g/mol. The summed E-state index contributed by atoms with van der Waals surface area (Å²) in [6, 6.07) is 0. The van der Waals surface area contributed by atoms with Crippen LogP contribution in [0.3, 0.4) is 0 Å². The van der Waals surface area contributed by atoms with E-state index in [1.165, 1.54) is 24.8 Å². The molecule has 1 aliphatic rings. The molecule has 0 aromatic heterocycles. The minimum Gasteiger partial charge on any atom is -0.329 e. The first kappa shape index (κ1) is 13.1. The largest absolute Gasteiger partial charge is 0.329 e. The van der Waals surface area contributed by atoms with Gasteiger partial charge in [0.15, 0.2) is 0 Å². The molecular formula is C13H26OS. The van der Waals surface area contributed by atoms with E-state index in [1.807, 2.05) is 0 Å². The molecule has 2 heteroatoms. The van der Waals surface area contributed by atoms with E-state index >= 15 is 0 Å². The van der Waals surface area contributed by atoms with Gasteiger partial charge in [-0.25, -0.2) is 0 Å². The van der Waals surface area contributed by atoms with Crippen LogP contribution < -0.4 is 0 Å². The maximum Gasteiger partial charge on any atom is 0.0910 e. The lowest BCUT2D eigenvalue weighted by molar-refractivity contribution is 0.210. The molecule has 0 unspecified atom stereocenters. The van der Waals surface area contributed by atoms with Crippen LogP contribution in [0.2, 0.25) is 0 Å². The molecule has 0 radical (unpaired) electrons. The lowest BCUT2D eigenvalue weighted by Crippen LogP contribution is -2.27. The molecular weight excluding hydrogens is 204 g/mol. The summed E-state index contributed by atoms with van der Waals surface area (Å²) in [4.78, 5) is 0. The summed E-state index contributed by atoms with van der Waals surface area (Å²) in [5.41, 5.74) is 1.32. The van der Waals surface area contributed by atoms with Crippen molar-refractivity contribution in [3.05, 3.63) is 12.2 Å². The Bertz CT molecular complexity index is 233. The Balaban J connectivity index is 2.61. The molecule has 90 valence electrons. The van der Waals surface area contributed by atoms with E-state index in [4.69, 9.17) is 4.18 Å². The van der Waals surface area contributed by atoms with Crippen molar-refractivity contribution >= 4 is 10.3 Å². The molecule has 0 saturated heterocycles. The smallest absolute Gasteiger partial charge is 0.0910 e. The molecule has 0 aliphatic heterocycles. The third-order valence-electron chi connectivity index (χ3n) is 3.65. The number of rotatable bonds is 3. The van der Waals surface area contributed by atoms with Gasteiger partial charge in [0, 0.05) is 5.25 Å². The molecule has 1 nitrogen and oxygen atoms in total. The van der Waals surface area contributed by atoms with Crippen LogP contribution in [0.5, 0.6) is 0 Å². The number of hydrogen-bond acceptors (Lipinski definition) is 1. The third-order valence-corrected chi connectivity index (χ3v) is 6.65. The fraction of sp³-hybridized carbons (Fsp3) is 0.846. The zero-order valence-corrected chi connectivity index (χ0v) is 11.7. The van der Waals surface area contributed by atoms with Crippen LogP contribution in [0.4, 0.5) is 0 Å². The van der Waals surface area contributed by atoms with Crippen molar-refractivity contribution in [2.24, 2.45) is 5.92 Å².